The molecule has 0 bridgehead atoms. The smallest absolute Gasteiger partial charge is 0.231 e. The fourth-order valence-corrected chi connectivity index (χ4v) is 5.76. The van der Waals surface area contributed by atoms with Gasteiger partial charge in [0.25, 0.3) is 0 Å². The number of benzene rings is 1. The summed E-state index contributed by atoms with van der Waals surface area (Å²) in [7, 11) is 0. The first-order valence-electron chi connectivity index (χ1n) is 10.9. The lowest BCUT2D eigenvalue weighted by Crippen LogP contribution is -2.35. The van der Waals surface area contributed by atoms with E-state index in [9.17, 15) is 4.79 Å². The molecule has 0 aliphatic carbocycles. The Hall–Kier alpha value is -2.37. The average Bonchev–Trinajstić information content (AvgIpc) is 3.42. The number of aromatic nitrogens is 4. The number of fused-ring (bicyclic) bond motifs is 2. The number of imidazole rings is 1. The lowest BCUT2D eigenvalue weighted by atomic mass is 9.93. The molecule has 2 aromatic heterocycles. The Morgan fingerprint density at radius 1 is 1.21 bits per heavy atom. The Balaban J connectivity index is 1.35. The van der Waals surface area contributed by atoms with E-state index in [-0.39, 0.29) is 6.79 Å². The van der Waals surface area contributed by atoms with Crippen LogP contribution >= 0.6 is 27.7 Å². The summed E-state index contributed by atoms with van der Waals surface area (Å²) in [5.74, 6) is 2.45. The van der Waals surface area contributed by atoms with Gasteiger partial charge < -0.3 is 29.5 Å². The van der Waals surface area contributed by atoms with Crippen LogP contribution in [0.25, 0.3) is 11.2 Å². The third kappa shape index (κ3) is 4.80. The number of hydrogen-bond donors (Lipinski definition) is 1. The van der Waals surface area contributed by atoms with Crippen molar-refractivity contribution in [2.24, 2.45) is 5.92 Å². The van der Waals surface area contributed by atoms with Gasteiger partial charge in [-0.1, -0.05) is 11.8 Å². The number of carbonyl (C=O) groups is 1. The second kappa shape index (κ2) is 9.86. The molecule has 1 aromatic carbocycles. The third-order valence-corrected chi connectivity index (χ3v) is 8.05. The summed E-state index contributed by atoms with van der Waals surface area (Å²) in [6.07, 6.45) is 7.31. The van der Waals surface area contributed by atoms with Crippen LogP contribution in [0.4, 0.5) is 5.82 Å². The average molecular weight is 532 g/mol. The number of aldehydes is 1. The van der Waals surface area contributed by atoms with Gasteiger partial charge in [0.05, 0.1) is 0 Å². The van der Waals surface area contributed by atoms with Crippen LogP contribution in [0, 0.1) is 12.3 Å². The zero-order chi connectivity index (χ0) is 22.8. The van der Waals surface area contributed by atoms with Gasteiger partial charge in [-0.3, -0.25) is 0 Å². The standard InChI is InChI=1S/C22H24BrN6O3S/c23-15-10-16-17(32-13-31-16)11-18(15)33-22-27-19-20(24)25-12-26-21(19)29(22)8-4-14-2-6-28(7-3-14)5-1-9-30/h1,9-12,14H,2-8,13H2,(H2,24,25,26). The van der Waals surface area contributed by atoms with Crippen molar-refractivity contribution in [3.63, 3.8) is 0 Å². The summed E-state index contributed by atoms with van der Waals surface area (Å²) in [6, 6.07) is 3.88. The zero-order valence-corrected chi connectivity index (χ0v) is 20.3. The number of anilines is 1. The predicted molar refractivity (Wildman–Crippen MR) is 128 cm³/mol. The van der Waals surface area contributed by atoms with Crippen LogP contribution < -0.4 is 15.2 Å². The molecule has 0 amide bonds. The molecule has 3 aromatic rings. The molecule has 2 aliphatic rings. The Bertz CT molecular complexity index is 1160. The first-order chi connectivity index (χ1) is 16.1. The van der Waals surface area contributed by atoms with Gasteiger partial charge in [0.2, 0.25) is 6.79 Å². The summed E-state index contributed by atoms with van der Waals surface area (Å²) >= 11 is 5.18. The maximum Gasteiger partial charge on any atom is 0.231 e. The first kappa shape index (κ1) is 22.4. The fraction of sp³-hybridized carbons (Fsp3) is 0.409. The maximum absolute atomic E-state index is 10.6. The molecule has 0 saturated carbocycles. The van der Waals surface area contributed by atoms with E-state index in [0.717, 1.165) is 83.4 Å². The minimum Gasteiger partial charge on any atom is -0.454 e. The summed E-state index contributed by atoms with van der Waals surface area (Å²) in [5.41, 5.74) is 7.49. The van der Waals surface area contributed by atoms with Gasteiger partial charge in [0, 0.05) is 28.9 Å². The molecule has 173 valence electrons. The summed E-state index contributed by atoms with van der Waals surface area (Å²) in [4.78, 5) is 27.3. The zero-order valence-electron chi connectivity index (χ0n) is 17.9. The molecule has 9 nitrogen and oxygen atoms in total. The maximum atomic E-state index is 10.6. The third-order valence-electron chi connectivity index (χ3n) is 6.08. The van der Waals surface area contributed by atoms with Gasteiger partial charge >= 0.3 is 0 Å². The Labute approximate surface area is 204 Å². The summed E-state index contributed by atoms with van der Waals surface area (Å²) in [5, 5.41) is 0.815. The van der Waals surface area contributed by atoms with E-state index in [0.29, 0.717) is 17.3 Å². The minimum absolute atomic E-state index is 0.229. The highest BCUT2D eigenvalue weighted by molar-refractivity contribution is 9.10. The van der Waals surface area contributed by atoms with Gasteiger partial charge in [0.15, 0.2) is 33.6 Å². The highest BCUT2D eigenvalue weighted by Crippen LogP contribution is 2.43. The van der Waals surface area contributed by atoms with Gasteiger partial charge in [-0.05, 0) is 66.3 Å². The number of nitrogens with two attached hydrogens (primary N) is 1. The molecule has 0 unspecified atom stereocenters. The molecule has 33 heavy (non-hydrogen) atoms. The fourth-order valence-electron chi connectivity index (χ4n) is 4.25. The lowest BCUT2D eigenvalue weighted by molar-refractivity contribution is -0.105. The lowest BCUT2D eigenvalue weighted by Gasteiger charge is -2.31. The first-order valence-corrected chi connectivity index (χ1v) is 12.5. The van der Waals surface area contributed by atoms with Crippen LogP contribution in [-0.4, -0.2) is 57.1 Å². The molecule has 4 heterocycles. The number of halogens is 1. The molecule has 1 radical (unpaired) electrons. The number of nitrogens with zero attached hydrogens (tertiary/aromatic N) is 5. The molecule has 2 N–H and O–H groups in total. The van der Waals surface area contributed by atoms with E-state index in [1.54, 1.807) is 6.42 Å². The van der Waals surface area contributed by atoms with Gasteiger partial charge in [-0.25, -0.2) is 15.0 Å². The van der Waals surface area contributed by atoms with E-state index in [1.165, 1.54) is 18.1 Å². The molecular formula is C22H24BrN6O3S. The molecule has 11 heteroatoms. The van der Waals surface area contributed by atoms with Crippen molar-refractivity contribution in [1.82, 2.24) is 24.4 Å². The highest BCUT2D eigenvalue weighted by Gasteiger charge is 2.23. The molecule has 5 rings (SSSR count). The molecule has 2 aliphatic heterocycles. The number of ether oxygens (including phenoxy) is 2. The van der Waals surface area contributed by atoms with Crippen molar-refractivity contribution in [1.29, 1.82) is 0 Å². The largest absolute Gasteiger partial charge is 0.454 e. The SMILES string of the molecule is Nc1ncnc2c1nc(Sc1cc3c(cc1Br)OCO3)n2CCC1CCN(C[CH]C=O)CC1. The van der Waals surface area contributed by atoms with E-state index in [4.69, 9.17) is 20.2 Å². The van der Waals surface area contributed by atoms with Crippen molar-refractivity contribution in [2.75, 3.05) is 32.2 Å². The van der Waals surface area contributed by atoms with E-state index < -0.39 is 0 Å². The van der Waals surface area contributed by atoms with Crippen molar-refractivity contribution >= 4 is 51.0 Å². The van der Waals surface area contributed by atoms with Gasteiger partial charge in [0.1, 0.15) is 12.6 Å². The monoisotopic (exact) mass is 531 g/mol. The van der Waals surface area contributed by atoms with Crippen LogP contribution in [0.15, 0.2) is 33.0 Å². The van der Waals surface area contributed by atoms with E-state index in [2.05, 4.69) is 35.4 Å². The van der Waals surface area contributed by atoms with Crippen molar-refractivity contribution in [3.8, 4) is 11.5 Å². The molecule has 1 saturated heterocycles. The Kier molecular flexibility index (Phi) is 6.70. The van der Waals surface area contributed by atoms with E-state index >= 15 is 0 Å². The predicted octanol–water partition coefficient (Wildman–Crippen LogP) is 3.56. The van der Waals surface area contributed by atoms with Crippen molar-refractivity contribution in [2.45, 2.75) is 35.9 Å². The normalized spacial score (nSPS) is 16.5. The molecule has 1 fully saturated rings. The van der Waals surface area contributed by atoms with Gasteiger partial charge in [-0.15, -0.1) is 0 Å². The summed E-state index contributed by atoms with van der Waals surface area (Å²) < 4.78 is 14.1. The number of likely N-dealkylation sites (tertiary alicyclic amines) is 1. The molecular weight excluding hydrogens is 508 g/mol. The number of carbonyl (C=O) groups excluding carboxylic acids is 1. The number of piperidine rings is 1. The number of hydrogen-bond acceptors (Lipinski definition) is 9. The van der Waals surface area contributed by atoms with Gasteiger partial charge in [-0.2, -0.15) is 0 Å². The topological polar surface area (TPSA) is 108 Å². The van der Waals surface area contributed by atoms with Crippen molar-refractivity contribution in [3.05, 3.63) is 29.4 Å². The summed E-state index contributed by atoms with van der Waals surface area (Å²) in [6.45, 7) is 3.79. The molecule has 0 atom stereocenters. The Morgan fingerprint density at radius 2 is 2.00 bits per heavy atom. The number of nitrogen functional groups attached to an aromatic ring is 1. The quantitative estimate of drug-likeness (QED) is 0.436. The highest BCUT2D eigenvalue weighted by atomic mass is 79.9. The number of rotatable bonds is 8. The second-order valence-corrected chi connectivity index (χ2v) is 9.98. The van der Waals surface area contributed by atoms with Crippen molar-refractivity contribution < 1.29 is 14.3 Å². The Morgan fingerprint density at radius 3 is 2.79 bits per heavy atom. The minimum atomic E-state index is 0.229. The van der Waals surface area contributed by atoms with Crippen LogP contribution in [-0.2, 0) is 11.3 Å². The number of aryl methyl sites for hydroxylation is 1. The van der Waals surface area contributed by atoms with Crippen LogP contribution in [0.2, 0.25) is 0 Å². The van der Waals surface area contributed by atoms with Crippen LogP contribution in [0.3, 0.4) is 0 Å². The van der Waals surface area contributed by atoms with Crippen LogP contribution in [0.1, 0.15) is 19.3 Å². The van der Waals surface area contributed by atoms with E-state index in [1.807, 2.05) is 12.1 Å². The second-order valence-electron chi connectivity index (χ2n) is 8.12. The molecule has 0 spiro atoms. The van der Waals surface area contributed by atoms with Crippen LogP contribution in [0.5, 0.6) is 11.5 Å².